The normalized spacial score (nSPS) is 10.1. The second-order valence-electron chi connectivity index (χ2n) is 3.05. The fraction of sp³-hybridized carbons (Fsp3) is 0.556. The first-order chi connectivity index (χ1) is 7.13. The van der Waals surface area contributed by atoms with Gasteiger partial charge >= 0.3 is 0 Å². The molecule has 86 valence electrons. The molecule has 8 N–H and O–H groups in total. The number of nitrogens with zero attached hydrogens (tertiary/aromatic N) is 1. The van der Waals surface area contributed by atoms with Gasteiger partial charge in [-0.05, 0) is 19.3 Å². The molecule has 0 aliphatic heterocycles. The third-order valence-electron chi connectivity index (χ3n) is 1.62. The maximum atomic E-state index is 6.92. The van der Waals surface area contributed by atoms with Gasteiger partial charge in [-0.1, -0.05) is 12.2 Å². The highest BCUT2D eigenvalue weighted by Crippen LogP contribution is 1.91. The van der Waals surface area contributed by atoms with Crippen LogP contribution in [0.5, 0.6) is 0 Å². The third-order valence-corrected chi connectivity index (χ3v) is 1.62. The summed E-state index contributed by atoms with van der Waals surface area (Å²) in [5.74, 6) is 0.154. The van der Waals surface area contributed by atoms with E-state index in [1.165, 1.54) is 0 Å². The minimum atomic E-state index is 0.0201. The summed E-state index contributed by atoms with van der Waals surface area (Å²) in [5.41, 5.74) is 15.4. The number of hydrogen-bond donors (Lipinski definition) is 5. The number of nitrogens with one attached hydrogen (secondary N) is 2. The van der Waals surface area contributed by atoms with Crippen molar-refractivity contribution < 1.29 is 0 Å². The molecule has 0 atom stereocenters. The van der Waals surface area contributed by atoms with Gasteiger partial charge in [0.25, 0.3) is 0 Å². The number of nitrogens with two attached hydrogens (primary N) is 3. The third kappa shape index (κ3) is 12.3. The van der Waals surface area contributed by atoms with Crippen LogP contribution >= 0.6 is 0 Å². The summed E-state index contributed by atoms with van der Waals surface area (Å²) in [6, 6.07) is 0. The maximum absolute atomic E-state index is 6.92. The first-order valence-electron chi connectivity index (χ1n) is 4.91. The zero-order chi connectivity index (χ0) is 11.5. The molecule has 15 heavy (non-hydrogen) atoms. The van der Waals surface area contributed by atoms with Crippen LogP contribution in [-0.2, 0) is 0 Å². The molecule has 0 rings (SSSR count). The van der Waals surface area contributed by atoms with Crippen molar-refractivity contribution in [3.05, 3.63) is 12.2 Å². The molecule has 0 fully saturated rings. The van der Waals surface area contributed by atoms with Crippen LogP contribution in [0.15, 0.2) is 17.1 Å². The van der Waals surface area contributed by atoms with Crippen molar-refractivity contribution >= 4 is 11.9 Å². The molecule has 6 nitrogen and oxygen atoms in total. The Morgan fingerprint density at radius 1 is 1.20 bits per heavy atom. The Morgan fingerprint density at radius 2 is 1.87 bits per heavy atom. The molecule has 0 amide bonds. The summed E-state index contributed by atoms with van der Waals surface area (Å²) in [7, 11) is 0. The topological polar surface area (TPSA) is 126 Å². The predicted molar refractivity (Wildman–Crippen MR) is 63.6 cm³/mol. The van der Waals surface area contributed by atoms with Gasteiger partial charge in [-0.25, -0.2) is 0 Å². The molecule has 0 spiro atoms. The summed E-state index contributed by atoms with van der Waals surface area (Å²) < 4.78 is 0. The van der Waals surface area contributed by atoms with Gasteiger partial charge in [0.15, 0.2) is 11.9 Å². The van der Waals surface area contributed by atoms with Crippen molar-refractivity contribution in [2.45, 2.75) is 19.3 Å². The van der Waals surface area contributed by atoms with E-state index < -0.39 is 0 Å². The van der Waals surface area contributed by atoms with Crippen molar-refractivity contribution in [1.29, 1.82) is 5.41 Å². The van der Waals surface area contributed by atoms with Crippen LogP contribution in [-0.4, -0.2) is 25.0 Å². The second kappa shape index (κ2) is 8.86. The fourth-order valence-corrected chi connectivity index (χ4v) is 0.947. The lowest BCUT2D eigenvalue weighted by Gasteiger charge is -2.00. The van der Waals surface area contributed by atoms with Crippen LogP contribution in [0, 0.1) is 5.41 Å². The van der Waals surface area contributed by atoms with Crippen LogP contribution in [0.1, 0.15) is 19.3 Å². The average Bonchev–Trinajstić information content (AvgIpc) is 2.14. The van der Waals surface area contributed by atoms with E-state index in [0.29, 0.717) is 6.54 Å². The maximum Gasteiger partial charge on any atom is 0.185 e. The van der Waals surface area contributed by atoms with Crippen LogP contribution in [0.4, 0.5) is 0 Å². The summed E-state index contributed by atoms with van der Waals surface area (Å²) in [6.45, 7) is 1.36. The van der Waals surface area contributed by atoms with Crippen molar-refractivity contribution in [2.75, 3.05) is 13.1 Å². The van der Waals surface area contributed by atoms with Crippen molar-refractivity contribution in [3.8, 4) is 0 Å². The van der Waals surface area contributed by atoms with E-state index in [0.717, 1.165) is 25.8 Å². The molecule has 0 heterocycles. The van der Waals surface area contributed by atoms with Crippen LogP contribution < -0.4 is 22.5 Å². The Kier molecular flexibility index (Phi) is 7.84. The van der Waals surface area contributed by atoms with Crippen molar-refractivity contribution in [2.24, 2.45) is 22.2 Å². The molecule has 0 aliphatic rings. The Morgan fingerprint density at radius 3 is 2.47 bits per heavy atom. The predicted octanol–water partition coefficient (Wildman–Crippen LogP) is -0.531. The van der Waals surface area contributed by atoms with Gasteiger partial charge in [-0.15, -0.1) is 0 Å². The molecule has 0 unspecified atom stereocenters. The molecule has 0 aromatic rings. The summed E-state index contributed by atoms with van der Waals surface area (Å²) >= 11 is 0. The molecule has 0 radical (unpaired) electrons. The van der Waals surface area contributed by atoms with Crippen LogP contribution in [0.3, 0.4) is 0 Å². The Balaban J connectivity index is 3.25. The molecule has 6 heteroatoms. The molecular formula is C9H20N6. The fourth-order valence-electron chi connectivity index (χ4n) is 0.947. The molecule has 0 aromatic heterocycles. The van der Waals surface area contributed by atoms with Gasteiger partial charge in [0.1, 0.15) is 0 Å². The number of aliphatic imine (C=N–C) groups is 1. The molecule has 0 aliphatic carbocycles. The molecular weight excluding hydrogens is 192 g/mol. The number of rotatable bonds is 7. The quantitative estimate of drug-likeness (QED) is 0.168. The average molecular weight is 212 g/mol. The first-order valence-corrected chi connectivity index (χ1v) is 4.91. The van der Waals surface area contributed by atoms with Gasteiger partial charge in [-0.3, -0.25) is 10.4 Å². The number of guanidine groups is 2. The van der Waals surface area contributed by atoms with Gasteiger partial charge in [-0.2, -0.15) is 0 Å². The summed E-state index contributed by atoms with van der Waals surface area (Å²) in [5, 5.41) is 9.65. The van der Waals surface area contributed by atoms with E-state index in [1.54, 1.807) is 0 Å². The van der Waals surface area contributed by atoms with Gasteiger partial charge in [0.2, 0.25) is 0 Å². The van der Waals surface area contributed by atoms with Gasteiger partial charge in [0, 0.05) is 13.1 Å². The zero-order valence-electron chi connectivity index (χ0n) is 8.87. The monoisotopic (exact) mass is 212 g/mol. The lowest BCUT2D eigenvalue weighted by atomic mass is 10.2. The molecule has 0 saturated heterocycles. The first kappa shape index (κ1) is 13.3. The largest absolute Gasteiger partial charge is 0.370 e. The number of hydrogen-bond acceptors (Lipinski definition) is 2. The summed E-state index contributed by atoms with van der Waals surface area (Å²) in [4.78, 5) is 3.85. The SMILES string of the molecule is N=C(N)NCCCC=CCCN=C(N)N. The minimum Gasteiger partial charge on any atom is -0.370 e. The highest BCUT2D eigenvalue weighted by molar-refractivity contribution is 5.75. The lowest BCUT2D eigenvalue weighted by molar-refractivity contribution is 0.779. The second-order valence-corrected chi connectivity index (χ2v) is 3.05. The van der Waals surface area contributed by atoms with Crippen molar-refractivity contribution in [3.63, 3.8) is 0 Å². The van der Waals surface area contributed by atoms with Gasteiger partial charge < -0.3 is 22.5 Å². The number of unbranched alkanes of at least 4 members (excludes halogenated alkanes) is 1. The van der Waals surface area contributed by atoms with E-state index in [2.05, 4.69) is 16.4 Å². The smallest absolute Gasteiger partial charge is 0.185 e. The Bertz CT molecular complexity index is 229. The number of allylic oxidation sites excluding steroid dienone is 1. The standard InChI is InChI=1S/C9H20N6/c10-8(11)14-6-4-2-1-3-5-7-15-9(12)13/h1-2H,3-7H2,(H4,10,11,14)(H4,12,13,15). The molecule has 0 aromatic carbocycles. The van der Waals surface area contributed by atoms with Crippen LogP contribution in [0.25, 0.3) is 0 Å². The molecule has 0 saturated carbocycles. The van der Waals surface area contributed by atoms with E-state index in [4.69, 9.17) is 22.6 Å². The van der Waals surface area contributed by atoms with Crippen molar-refractivity contribution in [1.82, 2.24) is 5.32 Å². The zero-order valence-corrected chi connectivity index (χ0v) is 8.87. The van der Waals surface area contributed by atoms with Crippen LogP contribution in [0.2, 0.25) is 0 Å². The Labute approximate surface area is 90.1 Å². The highest BCUT2D eigenvalue weighted by atomic mass is 15.0. The van der Waals surface area contributed by atoms with E-state index >= 15 is 0 Å². The lowest BCUT2D eigenvalue weighted by Crippen LogP contribution is -2.30. The minimum absolute atomic E-state index is 0.0201. The van der Waals surface area contributed by atoms with Gasteiger partial charge in [0.05, 0.1) is 0 Å². The van der Waals surface area contributed by atoms with E-state index in [-0.39, 0.29) is 11.9 Å². The highest BCUT2D eigenvalue weighted by Gasteiger charge is 1.86. The molecule has 0 bridgehead atoms. The van der Waals surface area contributed by atoms with E-state index in [9.17, 15) is 0 Å². The summed E-state index contributed by atoms with van der Waals surface area (Å²) in [6.07, 6.45) is 6.88. The Hall–Kier alpha value is -1.72. The van der Waals surface area contributed by atoms with E-state index in [1.807, 2.05) is 6.08 Å².